The molecule has 1 saturated carbocycles. The fourth-order valence-corrected chi connectivity index (χ4v) is 3.32. The predicted octanol–water partition coefficient (Wildman–Crippen LogP) is 2.02. The highest BCUT2D eigenvalue weighted by Gasteiger charge is 2.37. The number of hydrogen-bond acceptors (Lipinski definition) is 3. The quantitative estimate of drug-likeness (QED) is 0.813. The van der Waals surface area contributed by atoms with Gasteiger partial charge in [0.15, 0.2) is 0 Å². The van der Waals surface area contributed by atoms with Crippen LogP contribution in [0.3, 0.4) is 0 Å². The molecule has 2 rings (SSSR count). The zero-order valence-corrected chi connectivity index (χ0v) is 11.5. The highest BCUT2D eigenvalue weighted by atomic mass is 16.5. The van der Waals surface area contributed by atoms with Gasteiger partial charge in [0.2, 0.25) is 0 Å². The summed E-state index contributed by atoms with van der Waals surface area (Å²) in [5, 5.41) is 3.82. The standard InChI is InChI=1S/C14H28N2O/c1-3-17-11-13(2)16-10-6-9-15-14(12-16)7-4-5-8-14/h13,15H,3-12H2,1-2H3. The molecule has 100 valence electrons. The summed E-state index contributed by atoms with van der Waals surface area (Å²) in [5.41, 5.74) is 0.428. The maximum absolute atomic E-state index is 5.58. The number of nitrogens with one attached hydrogen (secondary N) is 1. The monoisotopic (exact) mass is 240 g/mol. The van der Waals surface area contributed by atoms with Crippen LogP contribution in [-0.2, 0) is 4.74 Å². The molecule has 1 heterocycles. The van der Waals surface area contributed by atoms with Crippen LogP contribution in [0.1, 0.15) is 46.0 Å². The molecule has 0 radical (unpaired) electrons. The van der Waals surface area contributed by atoms with Gasteiger partial charge in [-0.05, 0) is 46.2 Å². The lowest BCUT2D eigenvalue weighted by Crippen LogP contribution is -2.51. The lowest BCUT2D eigenvalue weighted by molar-refractivity contribution is 0.0639. The Morgan fingerprint density at radius 2 is 2.06 bits per heavy atom. The molecule has 3 nitrogen and oxygen atoms in total. The first-order valence-electron chi connectivity index (χ1n) is 7.32. The minimum atomic E-state index is 0.428. The fourth-order valence-electron chi connectivity index (χ4n) is 3.32. The van der Waals surface area contributed by atoms with E-state index in [9.17, 15) is 0 Å². The molecule has 1 aliphatic carbocycles. The Morgan fingerprint density at radius 3 is 2.76 bits per heavy atom. The van der Waals surface area contributed by atoms with Gasteiger partial charge in [0, 0.05) is 24.7 Å². The van der Waals surface area contributed by atoms with Crippen molar-refractivity contribution >= 4 is 0 Å². The fraction of sp³-hybridized carbons (Fsp3) is 1.00. The van der Waals surface area contributed by atoms with Crippen LogP contribution in [-0.4, -0.2) is 49.3 Å². The summed E-state index contributed by atoms with van der Waals surface area (Å²) in [6.45, 7) is 9.75. The van der Waals surface area contributed by atoms with Gasteiger partial charge >= 0.3 is 0 Å². The van der Waals surface area contributed by atoms with Crippen molar-refractivity contribution in [2.75, 3.05) is 32.8 Å². The van der Waals surface area contributed by atoms with Crippen molar-refractivity contribution in [2.24, 2.45) is 0 Å². The number of hydrogen-bond donors (Lipinski definition) is 1. The molecule has 17 heavy (non-hydrogen) atoms. The summed E-state index contributed by atoms with van der Waals surface area (Å²) < 4.78 is 5.58. The zero-order chi connectivity index (χ0) is 12.1. The van der Waals surface area contributed by atoms with Gasteiger partial charge < -0.3 is 10.1 Å². The first kappa shape index (κ1) is 13.3. The van der Waals surface area contributed by atoms with E-state index in [2.05, 4.69) is 24.1 Å². The van der Waals surface area contributed by atoms with Crippen LogP contribution in [0.5, 0.6) is 0 Å². The van der Waals surface area contributed by atoms with E-state index in [0.717, 1.165) is 13.2 Å². The summed E-state index contributed by atoms with van der Waals surface area (Å²) in [7, 11) is 0. The van der Waals surface area contributed by atoms with Gasteiger partial charge in [0.05, 0.1) is 6.61 Å². The highest BCUT2D eigenvalue weighted by Crippen LogP contribution is 2.32. The average molecular weight is 240 g/mol. The molecule has 1 atom stereocenters. The highest BCUT2D eigenvalue weighted by molar-refractivity contribution is 4.97. The number of nitrogens with zero attached hydrogens (tertiary/aromatic N) is 1. The molecule has 0 bridgehead atoms. The summed E-state index contributed by atoms with van der Waals surface area (Å²) in [4.78, 5) is 2.64. The van der Waals surface area contributed by atoms with E-state index >= 15 is 0 Å². The first-order chi connectivity index (χ1) is 8.26. The van der Waals surface area contributed by atoms with Gasteiger partial charge in [-0.25, -0.2) is 0 Å². The van der Waals surface area contributed by atoms with Crippen LogP contribution in [0.25, 0.3) is 0 Å². The van der Waals surface area contributed by atoms with Crippen molar-refractivity contribution in [1.29, 1.82) is 0 Å². The molecule has 0 aromatic heterocycles. The summed E-state index contributed by atoms with van der Waals surface area (Å²) in [5.74, 6) is 0. The third-order valence-corrected chi connectivity index (χ3v) is 4.38. The van der Waals surface area contributed by atoms with Gasteiger partial charge in [-0.15, -0.1) is 0 Å². The summed E-state index contributed by atoms with van der Waals surface area (Å²) >= 11 is 0. The second kappa shape index (κ2) is 6.17. The van der Waals surface area contributed by atoms with Crippen LogP contribution in [0.2, 0.25) is 0 Å². The number of ether oxygens (including phenoxy) is 1. The van der Waals surface area contributed by atoms with Gasteiger partial charge in [-0.3, -0.25) is 4.90 Å². The Labute approximate surface area is 106 Å². The Kier molecular flexibility index (Phi) is 4.83. The van der Waals surface area contributed by atoms with E-state index in [1.807, 2.05) is 0 Å². The lowest BCUT2D eigenvalue weighted by atomic mass is 9.96. The molecule has 2 aliphatic rings. The minimum Gasteiger partial charge on any atom is -0.380 e. The van der Waals surface area contributed by atoms with E-state index in [1.165, 1.54) is 51.7 Å². The second-order valence-electron chi connectivity index (χ2n) is 5.75. The predicted molar refractivity (Wildman–Crippen MR) is 71.3 cm³/mol. The summed E-state index contributed by atoms with van der Waals surface area (Å²) in [6.07, 6.45) is 6.81. The van der Waals surface area contributed by atoms with Crippen LogP contribution >= 0.6 is 0 Å². The van der Waals surface area contributed by atoms with E-state index in [0.29, 0.717) is 11.6 Å². The van der Waals surface area contributed by atoms with E-state index in [-0.39, 0.29) is 0 Å². The van der Waals surface area contributed by atoms with Crippen LogP contribution in [0.15, 0.2) is 0 Å². The van der Waals surface area contributed by atoms with Gasteiger partial charge in [0.25, 0.3) is 0 Å². The maximum atomic E-state index is 5.58. The molecule has 1 N–H and O–H groups in total. The van der Waals surface area contributed by atoms with Gasteiger partial charge in [-0.1, -0.05) is 12.8 Å². The SMILES string of the molecule is CCOCC(C)N1CCCNC2(CCCC2)C1. The lowest BCUT2D eigenvalue weighted by Gasteiger charge is -2.36. The second-order valence-corrected chi connectivity index (χ2v) is 5.75. The van der Waals surface area contributed by atoms with Crippen molar-refractivity contribution < 1.29 is 4.74 Å². The van der Waals surface area contributed by atoms with Gasteiger partial charge in [-0.2, -0.15) is 0 Å². The molecule has 1 unspecified atom stereocenters. The molecular formula is C14H28N2O. The van der Waals surface area contributed by atoms with E-state index in [4.69, 9.17) is 4.74 Å². The topological polar surface area (TPSA) is 24.5 Å². The van der Waals surface area contributed by atoms with Crippen LogP contribution in [0.4, 0.5) is 0 Å². The molecule has 0 aromatic carbocycles. The van der Waals surface area contributed by atoms with E-state index in [1.54, 1.807) is 0 Å². The first-order valence-corrected chi connectivity index (χ1v) is 7.32. The van der Waals surface area contributed by atoms with Gasteiger partial charge in [0.1, 0.15) is 0 Å². The molecule has 3 heteroatoms. The van der Waals surface area contributed by atoms with Crippen molar-refractivity contribution in [2.45, 2.75) is 57.5 Å². The van der Waals surface area contributed by atoms with Crippen LogP contribution < -0.4 is 5.32 Å². The molecular weight excluding hydrogens is 212 g/mol. The molecule has 2 fully saturated rings. The molecule has 1 aliphatic heterocycles. The van der Waals surface area contributed by atoms with Crippen molar-refractivity contribution in [3.63, 3.8) is 0 Å². The van der Waals surface area contributed by atoms with Crippen molar-refractivity contribution in [1.82, 2.24) is 10.2 Å². The average Bonchev–Trinajstić information content (AvgIpc) is 2.67. The third-order valence-electron chi connectivity index (χ3n) is 4.38. The maximum Gasteiger partial charge on any atom is 0.0619 e. The van der Waals surface area contributed by atoms with E-state index < -0.39 is 0 Å². The van der Waals surface area contributed by atoms with Crippen molar-refractivity contribution in [3.05, 3.63) is 0 Å². The molecule has 0 amide bonds. The number of rotatable bonds is 4. The largest absolute Gasteiger partial charge is 0.380 e. The Bertz CT molecular complexity index is 226. The third kappa shape index (κ3) is 3.43. The van der Waals surface area contributed by atoms with Crippen molar-refractivity contribution in [3.8, 4) is 0 Å². The summed E-state index contributed by atoms with van der Waals surface area (Å²) in [6, 6.07) is 0.562. The van der Waals surface area contributed by atoms with Crippen LogP contribution in [0, 0.1) is 0 Å². The Balaban J connectivity index is 1.92. The molecule has 1 saturated heterocycles. The minimum absolute atomic E-state index is 0.428. The Hall–Kier alpha value is -0.120. The Morgan fingerprint density at radius 1 is 1.29 bits per heavy atom. The normalized spacial score (nSPS) is 27.2. The smallest absolute Gasteiger partial charge is 0.0619 e. The molecule has 1 spiro atoms. The molecule has 0 aromatic rings. The zero-order valence-electron chi connectivity index (χ0n) is 11.5.